The molecule has 1 heterocycles. The second-order valence-electron chi connectivity index (χ2n) is 6.49. The Morgan fingerprint density at radius 3 is 2.52 bits per heavy atom. The van der Waals surface area contributed by atoms with E-state index in [4.69, 9.17) is 16.3 Å². The molecule has 0 radical (unpaired) electrons. The molecule has 0 saturated carbocycles. The van der Waals surface area contributed by atoms with Crippen molar-refractivity contribution in [2.24, 2.45) is 0 Å². The summed E-state index contributed by atoms with van der Waals surface area (Å²) in [6.07, 6.45) is 1.72. The van der Waals surface area contributed by atoms with Gasteiger partial charge in [0, 0.05) is 11.2 Å². The highest BCUT2D eigenvalue weighted by Gasteiger charge is 2.14. The Balaban J connectivity index is 1.60. The molecule has 0 aliphatic rings. The fourth-order valence-corrected chi connectivity index (χ4v) is 2.89. The van der Waals surface area contributed by atoms with E-state index in [1.54, 1.807) is 16.9 Å². The van der Waals surface area contributed by atoms with E-state index < -0.39 is 0 Å². The summed E-state index contributed by atoms with van der Waals surface area (Å²) in [6.45, 7) is 6.03. The quantitative estimate of drug-likeness (QED) is 0.672. The molecule has 1 aromatic heterocycles. The lowest BCUT2D eigenvalue weighted by Gasteiger charge is -2.13. The van der Waals surface area contributed by atoms with E-state index in [0.29, 0.717) is 11.4 Å². The minimum Gasteiger partial charge on any atom is -0.471 e. The molecule has 27 heavy (non-hydrogen) atoms. The molecular formula is C21H22ClN3O2. The van der Waals surface area contributed by atoms with Crippen LogP contribution in [-0.2, 0) is 6.73 Å². The van der Waals surface area contributed by atoms with Crippen LogP contribution in [0.5, 0.6) is 5.75 Å². The normalized spacial score (nSPS) is 11.9. The third kappa shape index (κ3) is 4.68. The largest absolute Gasteiger partial charge is 0.471 e. The van der Waals surface area contributed by atoms with Crippen molar-refractivity contribution in [3.63, 3.8) is 0 Å². The number of ether oxygens (including phenoxy) is 1. The molecule has 1 atom stereocenters. The summed E-state index contributed by atoms with van der Waals surface area (Å²) in [7, 11) is 0. The molecule has 2 aromatic carbocycles. The van der Waals surface area contributed by atoms with Gasteiger partial charge < -0.3 is 10.1 Å². The molecule has 5 nitrogen and oxygen atoms in total. The van der Waals surface area contributed by atoms with E-state index in [1.807, 2.05) is 63.2 Å². The van der Waals surface area contributed by atoms with Crippen LogP contribution in [0.2, 0.25) is 5.02 Å². The van der Waals surface area contributed by atoms with Crippen LogP contribution in [0.25, 0.3) is 0 Å². The highest BCUT2D eigenvalue weighted by molar-refractivity contribution is 6.32. The summed E-state index contributed by atoms with van der Waals surface area (Å²) in [5.41, 5.74) is 3.32. The fraction of sp³-hybridized carbons (Fsp3) is 0.238. The number of benzene rings is 2. The van der Waals surface area contributed by atoms with Gasteiger partial charge in [0.2, 0.25) is 0 Å². The lowest BCUT2D eigenvalue weighted by molar-refractivity contribution is 0.0932. The highest BCUT2D eigenvalue weighted by atomic mass is 35.5. The van der Waals surface area contributed by atoms with Crippen molar-refractivity contribution < 1.29 is 9.53 Å². The predicted molar refractivity (Wildman–Crippen MR) is 106 cm³/mol. The summed E-state index contributed by atoms with van der Waals surface area (Å²) >= 11 is 6.17. The molecule has 0 saturated heterocycles. The number of amides is 1. The van der Waals surface area contributed by atoms with Gasteiger partial charge in [0.25, 0.3) is 5.91 Å². The first-order valence-corrected chi connectivity index (χ1v) is 9.10. The molecule has 3 rings (SSSR count). The molecule has 0 aliphatic carbocycles. The topological polar surface area (TPSA) is 56.1 Å². The first kappa shape index (κ1) is 19.0. The van der Waals surface area contributed by atoms with Crippen LogP contribution in [0.15, 0.2) is 54.7 Å². The van der Waals surface area contributed by atoms with Crippen LogP contribution in [0.3, 0.4) is 0 Å². The molecule has 0 spiro atoms. The summed E-state index contributed by atoms with van der Waals surface area (Å²) in [6, 6.07) is 15.1. The second-order valence-corrected chi connectivity index (χ2v) is 6.87. The molecular weight excluding hydrogens is 362 g/mol. The van der Waals surface area contributed by atoms with Gasteiger partial charge in [-0.2, -0.15) is 5.10 Å². The second kappa shape index (κ2) is 8.27. The summed E-state index contributed by atoms with van der Waals surface area (Å²) in [5.74, 6) is 0.497. The zero-order chi connectivity index (χ0) is 19.4. The molecule has 6 heteroatoms. The third-order valence-corrected chi connectivity index (χ3v) is 4.89. The number of hydrogen-bond acceptors (Lipinski definition) is 3. The number of hydrogen-bond donors (Lipinski definition) is 1. The number of nitrogens with zero attached hydrogens (tertiary/aromatic N) is 2. The molecule has 3 aromatic rings. The van der Waals surface area contributed by atoms with Crippen LogP contribution in [0.1, 0.15) is 40.1 Å². The first-order chi connectivity index (χ1) is 12.9. The van der Waals surface area contributed by atoms with E-state index in [2.05, 4.69) is 10.4 Å². The van der Waals surface area contributed by atoms with Crippen molar-refractivity contribution in [2.75, 3.05) is 0 Å². The van der Waals surface area contributed by atoms with Crippen LogP contribution in [0.4, 0.5) is 0 Å². The van der Waals surface area contributed by atoms with Crippen LogP contribution in [0, 0.1) is 13.8 Å². The Morgan fingerprint density at radius 1 is 1.19 bits per heavy atom. The Morgan fingerprint density at radius 2 is 1.85 bits per heavy atom. The van der Waals surface area contributed by atoms with Crippen molar-refractivity contribution in [1.82, 2.24) is 15.1 Å². The van der Waals surface area contributed by atoms with Crippen molar-refractivity contribution in [3.05, 3.63) is 82.1 Å². The standard InChI is InChI=1S/C21H22ClN3O2/c1-14-11-18(12-15(2)20(14)22)27-13-25-10-9-19(24-25)21(26)23-16(3)17-7-5-4-6-8-17/h4-12,16H,13H2,1-3H3,(H,23,26). The minimum absolute atomic E-state index is 0.0971. The van der Waals surface area contributed by atoms with Crippen molar-refractivity contribution >= 4 is 17.5 Å². The number of halogens is 1. The molecule has 140 valence electrons. The van der Waals surface area contributed by atoms with E-state index in [-0.39, 0.29) is 18.7 Å². The first-order valence-electron chi connectivity index (χ1n) is 8.73. The van der Waals surface area contributed by atoms with Gasteiger partial charge >= 0.3 is 0 Å². The van der Waals surface area contributed by atoms with Gasteiger partial charge in [0.15, 0.2) is 6.73 Å². The fourth-order valence-electron chi connectivity index (χ4n) is 2.78. The van der Waals surface area contributed by atoms with Gasteiger partial charge in [-0.05, 0) is 55.7 Å². The van der Waals surface area contributed by atoms with Crippen molar-refractivity contribution in [2.45, 2.75) is 33.5 Å². The molecule has 0 aliphatic heterocycles. The van der Waals surface area contributed by atoms with Gasteiger partial charge in [0.05, 0.1) is 6.04 Å². The Bertz CT molecular complexity index is 915. The van der Waals surface area contributed by atoms with Crippen LogP contribution < -0.4 is 10.1 Å². The van der Waals surface area contributed by atoms with Gasteiger partial charge in [-0.15, -0.1) is 0 Å². The van der Waals surface area contributed by atoms with E-state index in [1.165, 1.54) is 0 Å². The van der Waals surface area contributed by atoms with Gasteiger partial charge in [0.1, 0.15) is 11.4 Å². The SMILES string of the molecule is Cc1cc(OCn2ccc(C(=O)NC(C)c3ccccc3)n2)cc(C)c1Cl. The van der Waals surface area contributed by atoms with Crippen LogP contribution in [-0.4, -0.2) is 15.7 Å². The molecule has 1 unspecified atom stereocenters. The van der Waals surface area contributed by atoms with E-state index in [0.717, 1.165) is 21.7 Å². The molecule has 0 fully saturated rings. The number of carbonyl (C=O) groups is 1. The lowest BCUT2D eigenvalue weighted by Crippen LogP contribution is -2.27. The maximum Gasteiger partial charge on any atom is 0.272 e. The summed E-state index contributed by atoms with van der Waals surface area (Å²) in [4.78, 5) is 12.4. The smallest absolute Gasteiger partial charge is 0.272 e. The lowest BCUT2D eigenvalue weighted by atomic mass is 10.1. The zero-order valence-corrected chi connectivity index (χ0v) is 16.3. The monoisotopic (exact) mass is 383 g/mol. The average molecular weight is 384 g/mol. The Kier molecular flexibility index (Phi) is 5.81. The molecule has 1 amide bonds. The average Bonchev–Trinajstić information content (AvgIpc) is 3.14. The molecule has 1 N–H and O–H groups in total. The minimum atomic E-state index is -0.219. The van der Waals surface area contributed by atoms with Crippen molar-refractivity contribution in [3.8, 4) is 5.75 Å². The van der Waals surface area contributed by atoms with Gasteiger partial charge in [-0.1, -0.05) is 41.9 Å². The Hall–Kier alpha value is -2.79. The van der Waals surface area contributed by atoms with E-state index in [9.17, 15) is 4.79 Å². The maximum atomic E-state index is 12.4. The van der Waals surface area contributed by atoms with Gasteiger partial charge in [-0.25, -0.2) is 4.68 Å². The predicted octanol–water partition coefficient (Wildman–Crippen LogP) is 4.68. The summed E-state index contributed by atoms with van der Waals surface area (Å²) in [5, 5.41) is 7.98. The van der Waals surface area contributed by atoms with E-state index >= 15 is 0 Å². The Labute approximate surface area is 163 Å². The van der Waals surface area contributed by atoms with Crippen molar-refractivity contribution in [1.29, 1.82) is 0 Å². The number of aryl methyl sites for hydroxylation is 2. The molecule has 0 bridgehead atoms. The number of carbonyl (C=O) groups excluding carboxylic acids is 1. The number of rotatable bonds is 6. The number of aromatic nitrogens is 2. The summed E-state index contributed by atoms with van der Waals surface area (Å²) < 4.78 is 7.35. The van der Waals surface area contributed by atoms with Gasteiger partial charge in [-0.3, -0.25) is 4.79 Å². The third-order valence-electron chi connectivity index (χ3n) is 4.29. The van der Waals surface area contributed by atoms with Crippen LogP contribution >= 0.6 is 11.6 Å². The maximum absolute atomic E-state index is 12.4. The zero-order valence-electron chi connectivity index (χ0n) is 15.6. The number of nitrogens with one attached hydrogen (secondary N) is 1. The highest BCUT2D eigenvalue weighted by Crippen LogP contribution is 2.26.